The zero-order valence-corrected chi connectivity index (χ0v) is 33.4. The highest BCUT2D eigenvalue weighted by Gasteiger charge is 2.31. The fourth-order valence-electron chi connectivity index (χ4n) is 6.76. The van der Waals surface area contributed by atoms with Gasteiger partial charge in [-0.25, -0.2) is 0 Å². The third-order valence-corrected chi connectivity index (χ3v) is 10.2. The molecule has 6 nitrogen and oxygen atoms in total. The minimum Gasteiger partial charge on any atom is -0.461 e. The molecule has 1 fully saturated rings. The maximum Gasteiger partial charge on any atom is 0.306 e. The molecule has 0 aromatic carbocycles. The second-order valence-electron chi connectivity index (χ2n) is 15.3. The van der Waals surface area contributed by atoms with Gasteiger partial charge < -0.3 is 18.7 Å². The highest BCUT2D eigenvalue weighted by Crippen LogP contribution is 2.15. The number of nitrogens with zero attached hydrogens (tertiary/aromatic N) is 1. The fourth-order valence-corrected chi connectivity index (χ4v) is 6.76. The van der Waals surface area contributed by atoms with Gasteiger partial charge in [0.2, 0.25) is 0 Å². The molecular weight excluding hydrogens is 622 g/mol. The van der Waals surface area contributed by atoms with Crippen LogP contribution in [0.4, 0.5) is 0 Å². The molecule has 0 radical (unpaired) electrons. The molecule has 0 aromatic heterocycles. The summed E-state index contributed by atoms with van der Waals surface area (Å²) in [5.74, 6) is -0.341. The Morgan fingerprint density at radius 2 is 0.940 bits per heavy atom. The second-order valence-corrected chi connectivity index (χ2v) is 15.3. The molecule has 1 aliphatic heterocycles. The van der Waals surface area contributed by atoms with E-state index in [-0.39, 0.29) is 18.5 Å². The molecule has 0 aromatic rings. The molecule has 0 bridgehead atoms. The summed E-state index contributed by atoms with van der Waals surface area (Å²) < 4.78 is 17.9. The van der Waals surface area contributed by atoms with Crippen molar-refractivity contribution in [2.24, 2.45) is 0 Å². The van der Waals surface area contributed by atoms with E-state index in [0.29, 0.717) is 32.6 Å². The van der Waals surface area contributed by atoms with Crippen molar-refractivity contribution in [3.63, 3.8) is 0 Å². The Morgan fingerprint density at radius 1 is 0.560 bits per heavy atom. The summed E-state index contributed by atoms with van der Waals surface area (Å²) in [4.78, 5) is 25.4. The van der Waals surface area contributed by atoms with Gasteiger partial charge >= 0.3 is 11.9 Å². The number of likely N-dealkylation sites (N-methyl/N-ethyl adjacent to an activating group) is 1. The second kappa shape index (κ2) is 34.4. The van der Waals surface area contributed by atoms with E-state index in [2.05, 4.69) is 45.2 Å². The van der Waals surface area contributed by atoms with Crippen LogP contribution in [0.2, 0.25) is 0 Å². The van der Waals surface area contributed by atoms with Crippen LogP contribution in [0, 0.1) is 0 Å². The normalized spacial score (nSPS) is 15.2. The number of unbranched alkanes of at least 4 members (excludes halogenated alkanes) is 22. The van der Waals surface area contributed by atoms with Gasteiger partial charge in [0.15, 0.2) is 6.10 Å². The van der Waals surface area contributed by atoms with Crippen LogP contribution < -0.4 is 0 Å². The SMILES string of the molecule is CCCCCCCC/C=C/CCCCCCCC(=O)OCC(C[N+]1(C)CCOCC1)OC(=O)CCCCCCC/C=C/CCCCCCCC. The van der Waals surface area contributed by atoms with Crippen LogP contribution in [-0.4, -0.2) is 69.0 Å². The van der Waals surface area contributed by atoms with Gasteiger partial charge in [-0.1, -0.05) is 141 Å². The lowest BCUT2D eigenvalue weighted by atomic mass is 10.1. The average Bonchev–Trinajstić information content (AvgIpc) is 3.10. The third-order valence-electron chi connectivity index (χ3n) is 10.2. The number of rotatable bonds is 35. The van der Waals surface area contributed by atoms with Gasteiger partial charge in [0, 0.05) is 12.8 Å². The Bertz CT molecular complexity index is 834. The number of ether oxygens (including phenoxy) is 3. The Kier molecular flexibility index (Phi) is 31.9. The molecule has 0 aliphatic carbocycles. The van der Waals surface area contributed by atoms with Crippen LogP contribution in [0.5, 0.6) is 0 Å². The van der Waals surface area contributed by atoms with E-state index in [1.165, 1.54) is 122 Å². The van der Waals surface area contributed by atoms with Crippen LogP contribution in [0.15, 0.2) is 24.3 Å². The maximum atomic E-state index is 12.8. The first-order valence-corrected chi connectivity index (χ1v) is 21.6. The van der Waals surface area contributed by atoms with Crippen molar-refractivity contribution in [3.05, 3.63) is 24.3 Å². The molecule has 6 heteroatoms. The van der Waals surface area contributed by atoms with E-state index in [9.17, 15) is 9.59 Å². The number of hydrogen-bond donors (Lipinski definition) is 0. The molecule has 1 aliphatic rings. The summed E-state index contributed by atoms with van der Waals surface area (Å²) in [7, 11) is 2.18. The van der Waals surface area contributed by atoms with Crippen molar-refractivity contribution >= 4 is 11.9 Å². The van der Waals surface area contributed by atoms with Crippen molar-refractivity contribution in [2.75, 3.05) is 46.5 Å². The quantitative estimate of drug-likeness (QED) is 0.0284. The van der Waals surface area contributed by atoms with E-state index in [1.807, 2.05) is 0 Å². The number of allylic oxidation sites excluding steroid dienone is 4. The van der Waals surface area contributed by atoms with Gasteiger partial charge in [0.1, 0.15) is 26.2 Å². The van der Waals surface area contributed by atoms with Gasteiger partial charge in [-0.15, -0.1) is 0 Å². The van der Waals surface area contributed by atoms with Crippen LogP contribution in [0.3, 0.4) is 0 Å². The zero-order valence-electron chi connectivity index (χ0n) is 33.4. The standard InChI is InChI=1S/C44H82NO5/c1-4-6-8-10-12-14-16-18-20-22-24-26-28-30-32-34-43(46)49-41-42(40-45(3)36-38-48-39-37-45)50-44(47)35-33-31-29-27-25-23-21-19-17-15-13-11-9-7-5-2/h18-21,42H,4-17,22-41H2,1-3H3/q+1/b20-18+,21-19+. The molecule has 1 saturated heterocycles. The zero-order chi connectivity index (χ0) is 36.2. The summed E-state index contributed by atoms with van der Waals surface area (Å²) in [6.07, 6.45) is 42.0. The lowest BCUT2D eigenvalue weighted by Crippen LogP contribution is -2.56. The largest absolute Gasteiger partial charge is 0.461 e. The van der Waals surface area contributed by atoms with Crippen LogP contribution in [-0.2, 0) is 23.8 Å². The topological polar surface area (TPSA) is 61.8 Å². The first-order chi connectivity index (χ1) is 24.5. The first kappa shape index (κ1) is 46.4. The molecule has 0 saturated carbocycles. The summed E-state index contributed by atoms with van der Waals surface area (Å²) in [6.45, 7) is 8.52. The average molecular weight is 705 g/mol. The maximum absolute atomic E-state index is 12.8. The molecule has 0 amide bonds. The fraction of sp³-hybridized carbons (Fsp3) is 0.864. The molecule has 0 N–H and O–H groups in total. The predicted octanol–water partition coefficient (Wildman–Crippen LogP) is 12.0. The Morgan fingerprint density at radius 3 is 1.38 bits per heavy atom. The lowest BCUT2D eigenvalue weighted by molar-refractivity contribution is -0.919. The van der Waals surface area contributed by atoms with Crippen LogP contribution >= 0.6 is 0 Å². The van der Waals surface area contributed by atoms with Crippen molar-refractivity contribution in [1.29, 1.82) is 0 Å². The van der Waals surface area contributed by atoms with E-state index < -0.39 is 6.10 Å². The molecule has 0 spiro atoms. The van der Waals surface area contributed by atoms with Gasteiger partial charge in [-0.3, -0.25) is 9.59 Å². The number of esters is 2. The number of carbonyl (C=O) groups is 2. The summed E-state index contributed by atoms with van der Waals surface area (Å²) in [5.41, 5.74) is 0. The molecule has 292 valence electrons. The van der Waals surface area contributed by atoms with Crippen molar-refractivity contribution in [3.8, 4) is 0 Å². The van der Waals surface area contributed by atoms with Crippen molar-refractivity contribution in [2.45, 2.75) is 200 Å². The summed E-state index contributed by atoms with van der Waals surface area (Å²) >= 11 is 0. The van der Waals surface area contributed by atoms with Gasteiger partial charge in [-0.05, 0) is 64.2 Å². The molecule has 1 atom stereocenters. The smallest absolute Gasteiger partial charge is 0.306 e. The van der Waals surface area contributed by atoms with Crippen molar-refractivity contribution in [1.82, 2.24) is 0 Å². The molecule has 1 rings (SSSR count). The number of morpholine rings is 1. The summed E-state index contributed by atoms with van der Waals surface area (Å²) in [5, 5.41) is 0. The third kappa shape index (κ3) is 30.0. The number of quaternary nitrogens is 1. The first-order valence-electron chi connectivity index (χ1n) is 21.6. The number of hydrogen-bond acceptors (Lipinski definition) is 5. The molecule has 50 heavy (non-hydrogen) atoms. The predicted molar refractivity (Wildman–Crippen MR) is 211 cm³/mol. The molecular formula is C44H82NO5+. The Labute approximate surface area is 310 Å². The molecule has 1 unspecified atom stereocenters. The number of carbonyl (C=O) groups excluding carboxylic acids is 2. The molecule has 1 heterocycles. The highest BCUT2D eigenvalue weighted by molar-refractivity contribution is 5.70. The minimum absolute atomic E-state index is 0.150. The van der Waals surface area contributed by atoms with Crippen LogP contribution in [0.25, 0.3) is 0 Å². The van der Waals surface area contributed by atoms with Crippen LogP contribution in [0.1, 0.15) is 194 Å². The van der Waals surface area contributed by atoms with E-state index in [0.717, 1.165) is 62.5 Å². The van der Waals surface area contributed by atoms with Crippen molar-refractivity contribution < 1.29 is 28.3 Å². The monoisotopic (exact) mass is 705 g/mol. The highest BCUT2D eigenvalue weighted by atomic mass is 16.6. The van der Waals surface area contributed by atoms with E-state index in [1.54, 1.807) is 0 Å². The minimum atomic E-state index is -0.410. The van der Waals surface area contributed by atoms with Gasteiger partial charge in [-0.2, -0.15) is 0 Å². The Hall–Kier alpha value is -1.66. The van der Waals surface area contributed by atoms with Gasteiger partial charge in [0.05, 0.1) is 20.3 Å². The summed E-state index contributed by atoms with van der Waals surface area (Å²) in [6, 6.07) is 0. The lowest BCUT2D eigenvalue weighted by Gasteiger charge is -2.39. The van der Waals surface area contributed by atoms with E-state index in [4.69, 9.17) is 14.2 Å². The Balaban J connectivity index is 2.17. The van der Waals surface area contributed by atoms with Gasteiger partial charge in [0.25, 0.3) is 0 Å². The van der Waals surface area contributed by atoms with E-state index >= 15 is 0 Å².